The molecule has 0 aromatic carbocycles. The van der Waals surface area contributed by atoms with E-state index in [2.05, 4.69) is 29.2 Å². The fourth-order valence-electron chi connectivity index (χ4n) is 2.96. The van der Waals surface area contributed by atoms with E-state index in [1.165, 1.54) is 0 Å². The lowest BCUT2D eigenvalue weighted by Crippen LogP contribution is -2.48. The number of ether oxygens (including phenoxy) is 1. The van der Waals surface area contributed by atoms with Gasteiger partial charge in [-0.1, -0.05) is 5.16 Å². The predicted molar refractivity (Wildman–Crippen MR) is 87.3 cm³/mol. The van der Waals surface area contributed by atoms with Gasteiger partial charge >= 0.3 is 6.03 Å². The lowest BCUT2D eigenvalue weighted by Gasteiger charge is -2.35. The van der Waals surface area contributed by atoms with Gasteiger partial charge in [0.2, 0.25) is 0 Å². The fraction of sp³-hybridized carbons (Fsp3) is 0.750. The molecule has 1 aromatic rings. The van der Waals surface area contributed by atoms with Crippen LogP contribution in [-0.2, 0) is 11.3 Å². The number of amides is 2. The largest absolute Gasteiger partial charge is 0.373 e. The lowest BCUT2D eigenvalue weighted by atomic mass is 10.2. The zero-order valence-corrected chi connectivity index (χ0v) is 14.8. The van der Waals surface area contributed by atoms with Crippen molar-refractivity contribution in [1.29, 1.82) is 0 Å². The van der Waals surface area contributed by atoms with Crippen molar-refractivity contribution in [3.05, 3.63) is 17.0 Å². The first kappa shape index (κ1) is 17.7. The normalized spacial score (nSPS) is 22.1. The van der Waals surface area contributed by atoms with Crippen LogP contribution >= 0.6 is 0 Å². The van der Waals surface area contributed by atoms with Gasteiger partial charge in [0.05, 0.1) is 24.4 Å². The van der Waals surface area contributed by atoms with Crippen LogP contribution in [0.15, 0.2) is 4.52 Å². The van der Waals surface area contributed by atoms with Gasteiger partial charge in [0, 0.05) is 38.8 Å². The number of carbonyl (C=O) groups excluding carboxylic acids is 1. The third kappa shape index (κ3) is 4.94. The van der Waals surface area contributed by atoms with Crippen molar-refractivity contribution in [3.63, 3.8) is 0 Å². The average molecular weight is 324 g/mol. The van der Waals surface area contributed by atoms with Crippen LogP contribution in [0.2, 0.25) is 0 Å². The van der Waals surface area contributed by atoms with Crippen LogP contribution in [0.25, 0.3) is 0 Å². The molecule has 1 fully saturated rings. The molecule has 1 aliphatic heterocycles. The summed E-state index contributed by atoms with van der Waals surface area (Å²) >= 11 is 0. The molecule has 1 N–H and O–H groups in total. The Balaban J connectivity index is 1.74. The molecular formula is C16H28N4O3. The van der Waals surface area contributed by atoms with Crippen LogP contribution in [0.5, 0.6) is 0 Å². The maximum Gasteiger partial charge on any atom is 0.317 e. The Hall–Kier alpha value is -1.60. The zero-order valence-electron chi connectivity index (χ0n) is 14.8. The minimum atomic E-state index is -0.0839. The summed E-state index contributed by atoms with van der Waals surface area (Å²) in [6.45, 7) is 11.7. The summed E-state index contributed by atoms with van der Waals surface area (Å²) in [4.78, 5) is 16.2. The molecule has 23 heavy (non-hydrogen) atoms. The SMILES string of the molecule is Cc1noc(C)c1CN(C)C(=O)NCCN1CC(C)OC(C)C1. The average Bonchev–Trinajstić information content (AvgIpc) is 2.78. The molecular weight excluding hydrogens is 296 g/mol. The molecule has 0 radical (unpaired) electrons. The number of hydrogen-bond acceptors (Lipinski definition) is 5. The highest BCUT2D eigenvalue weighted by Crippen LogP contribution is 2.14. The number of hydrogen-bond donors (Lipinski definition) is 1. The molecule has 1 aliphatic rings. The van der Waals surface area contributed by atoms with Crippen LogP contribution in [0.4, 0.5) is 4.79 Å². The molecule has 2 amide bonds. The Kier molecular flexibility index (Phi) is 6.01. The van der Waals surface area contributed by atoms with E-state index in [1.807, 2.05) is 13.8 Å². The molecule has 2 unspecified atom stereocenters. The fourth-order valence-corrected chi connectivity index (χ4v) is 2.96. The molecule has 1 saturated heterocycles. The molecule has 0 aliphatic carbocycles. The Morgan fingerprint density at radius 2 is 2.00 bits per heavy atom. The van der Waals surface area contributed by atoms with Crippen molar-refractivity contribution >= 4 is 6.03 Å². The molecule has 2 atom stereocenters. The minimum Gasteiger partial charge on any atom is -0.373 e. The first-order chi connectivity index (χ1) is 10.9. The minimum absolute atomic E-state index is 0.0839. The summed E-state index contributed by atoms with van der Waals surface area (Å²) in [6.07, 6.45) is 0.494. The Labute approximate surface area is 137 Å². The third-order valence-electron chi connectivity index (χ3n) is 4.12. The number of rotatable bonds is 5. The summed E-state index contributed by atoms with van der Waals surface area (Å²) in [7, 11) is 1.78. The van der Waals surface area contributed by atoms with E-state index in [1.54, 1.807) is 11.9 Å². The molecule has 7 heteroatoms. The molecule has 1 aromatic heterocycles. The number of carbonyl (C=O) groups is 1. The molecule has 0 bridgehead atoms. The van der Waals surface area contributed by atoms with Crippen molar-refractivity contribution in [1.82, 2.24) is 20.3 Å². The van der Waals surface area contributed by atoms with E-state index in [0.717, 1.165) is 36.7 Å². The summed E-state index contributed by atoms with van der Waals surface area (Å²) in [5.74, 6) is 0.762. The molecule has 0 saturated carbocycles. The molecule has 7 nitrogen and oxygen atoms in total. The monoisotopic (exact) mass is 324 g/mol. The topological polar surface area (TPSA) is 70.8 Å². The molecule has 2 rings (SSSR count). The van der Waals surface area contributed by atoms with Crippen molar-refractivity contribution < 1.29 is 14.1 Å². The van der Waals surface area contributed by atoms with Crippen molar-refractivity contribution in [2.45, 2.75) is 46.4 Å². The van der Waals surface area contributed by atoms with E-state index in [0.29, 0.717) is 13.1 Å². The van der Waals surface area contributed by atoms with Crippen molar-refractivity contribution in [2.24, 2.45) is 0 Å². The first-order valence-electron chi connectivity index (χ1n) is 8.15. The van der Waals surface area contributed by atoms with Crippen LogP contribution in [-0.4, -0.2) is 66.4 Å². The predicted octanol–water partition coefficient (Wildman–Crippen LogP) is 1.54. The van der Waals surface area contributed by atoms with Gasteiger partial charge in [0.25, 0.3) is 0 Å². The Morgan fingerprint density at radius 1 is 1.35 bits per heavy atom. The number of aromatic nitrogens is 1. The van der Waals surface area contributed by atoms with Gasteiger partial charge in [-0.25, -0.2) is 4.79 Å². The maximum atomic E-state index is 12.2. The Bertz CT molecular complexity index is 502. The molecule has 2 heterocycles. The van der Waals surface area contributed by atoms with E-state index in [9.17, 15) is 4.79 Å². The number of morpholine rings is 1. The quantitative estimate of drug-likeness (QED) is 0.890. The number of aryl methyl sites for hydroxylation is 2. The highest BCUT2D eigenvalue weighted by atomic mass is 16.5. The van der Waals surface area contributed by atoms with E-state index in [4.69, 9.17) is 9.26 Å². The summed E-state index contributed by atoms with van der Waals surface area (Å²) in [5.41, 5.74) is 1.80. The van der Waals surface area contributed by atoms with Crippen molar-refractivity contribution in [2.75, 3.05) is 33.2 Å². The second-order valence-electron chi connectivity index (χ2n) is 6.41. The lowest BCUT2D eigenvalue weighted by molar-refractivity contribution is -0.0672. The van der Waals surface area contributed by atoms with Gasteiger partial charge in [0.15, 0.2) is 0 Å². The highest BCUT2D eigenvalue weighted by molar-refractivity contribution is 5.73. The number of urea groups is 1. The van der Waals surface area contributed by atoms with Gasteiger partial charge in [-0.2, -0.15) is 0 Å². The number of nitrogens with zero attached hydrogens (tertiary/aromatic N) is 3. The second-order valence-corrected chi connectivity index (χ2v) is 6.41. The van der Waals surface area contributed by atoms with Crippen LogP contribution in [0, 0.1) is 13.8 Å². The summed E-state index contributed by atoms with van der Waals surface area (Å²) in [6, 6.07) is -0.0839. The van der Waals surface area contributed by atoms with Crippen LogP contribution < -0.4 is 5.32 Å². The van der Waals surface area contributed by atoms with E-state index < -0.39 is 0 Å². The standard InChI is InChI=1S/C16H28N4O3/c1-11-8-20(9-12(2)22-11)7-6-17-16(21)19(5)10-15-13(3)18-23-14(15)4/h11-12H,6-10H2,1-5H3,(H,17,21). The summed E-state index contributed by atoms with van der Waals surface area (Å²) < 4.78 is 10.8. The first-order valence-corrected chi connectivity index (χ1v) is 8.15. The van der Waals surface area contributed by atoms with Crippen molar-refractivity contribution in [3.8, 4) is 0 Å². The van der Waals surface area contributed by atoms with Crippen LogP contribution in [0.1, 0.15) is 30.9 Å². The van der Waals surface area contributed by atoms with Gasteiger partial charge in [-0.15, -0.1) is 0 Å². The highest BCUT2D eigenvalue weighted by Gasteiger charge is 2.22. The van der Waals surface area contributed by atoms with Gasteiger partial charge in [-0.05, 0) is 27.7 Å². The van der Waals surface area contributed by atoms with Gasteiger partial charge in [0.1, 0.15) is 5.76 Å². The third-order valence-corrected chi connectivity index (χ3v) is 4.12. The molecule has 0 spiro atoms. The van der Waals surface area contributed by atoms with Gasteiger partial charge in [-0.3, -0.25) is 4.90 Å². The Morgan fingerprint density at radius 3 is 2.57 bits per heavy atom. The molecule has 130 valence electrons. The second kappa shape index (κ2) is 7.79. The maximum absolute atomic E-state index is 12.2. The van der Waals surface area contributed by atoms with E-state index >= 15 is 0 Å². The smallest absolute Gasteiger partial charge is 0.317 e. The van der Waals surface area contributed by atoms with Gasteiger partial charge < -0.3 is 19.5 Å². The zero-order chi connectivity index (χ0) is 17.0. The van der Waals surface area contributed by atoms with Crippen LogP contribution in [0.3, 0.4) is 0 Å². The number of nitrogens with one attached hydrogen (secondary N) is 1. The van der Waals surface area contributed by atoms with E-state index in [-0.39, 0.29) is 18.2 Å². The summed E-state index contributed by atoms with van der Waals surface area (Å²) in [5, 5.41) is 6.88.